The predicted octanol–water partition coefficient (Wildman–Crippen LogP) is 3.03. The number of nitrogens with zero attached hydrogens (tertiary/aromatic N) is 4. The molecule has 2 aromatic rings. The van der Waals surface area contributed by atoms with Crippen LogP contribution in [0.2, 0.25) is 0 Å². The molecule has 4 atom stereocenters. The standard InChI is InChI=1S/C23H28N4O/c28-23(20-11-24-16-25-12-20)26-13-18-9-19(15-26)22-8-4-7-21(27(22)14-18)10-17-5-2-1-3-6-17/h1-3,5-6,11-12,16,18-19,21-22H,4,7-10,13-15H2/t18-,19+,21+,22-/m0/s1. The van der Waals surface area contributed by atoms with E-state index in [0.717, 1.165) is 26.1 Å². The second-order valence-electron chi connectivity index (χ2n) is 8.74. The predicted molar refractivity (Wildman–Crippen MR) is 108 cm³/mol. The lowest BCUT2D eigenvalue weighted by atomic mass is 9.74. The van der Waals surface area contributed by atoms with Crippen LogP contribution in [-0.2, 0) is 6.42 Å². The van der Waals surface area contributed by atoms with Crippen LogP contribution in [0.3, 0.4) is 0 Å². The first-order chi connectivity index (χ1) is 13.8. The Kier molecular flexibility index (Phi) is 4.85. The van der Waals surface area contributed by atoms with Crippen LogP contribution < -0.4 is 0 Å². The fourth-order valence-corrected chi connectivity index (χ4v) is 5.78. The number of likely N-dealkylation sites (tertiary alicyclic amines) is 1. The van der Waals surface area contributed by atoms with Crippen LogP contribution in [0.5, 0.6) is 0 Å². The number of benzene rings is 1. The lowest BCUT2D eigenvalue weighted by Gasteiger charge is -2.55. The van der Waals surface area contributed by atoms with E-state index in [4.69, 9.17) is 0 Å². The van der Waals surface area contributed by atoms with Crippen molar-refractivity contribution in [2.75, 3.05) is 19.6 Å². The average molecular weight is 377 g/mol. The Balaban J connectivity index is 1.31. The SMILES string of the molecule is O=C(c1cncnc1)N1C[C@@H]2C[C@H](C1)[C@@H]1CCC[C@H](Cc3ccccc3)N1C2. The van der Waals surface area contributed by atoms with Gasteiger partial charge in [0.25, 0.3) is 5.91 Å². The average Bonchev–Trinajstić information content (AvgIpc) is 2.75. The quantitative estimate of drug-likeness (QED) is 0.826. The maximum atomic E-state index is 12.9. The Morgan fingerprint density at radius 2 is 1.86 bits per heavy atom. The molecule has 2 bridgehead atoms. The first kappa shape index (κ1) is 17.8. The van der Waals surface area contributed by atoms with Gasteiger partial charge in [-0.2, -0.15) is 0 Å². The maximum absolute atomic E-state index is 12.9. The highest BCUT2D eigenvalue weighted by Crippen LogP contribution is 2.40. The molecule has 5 heteroatoms. The zero-order valence-corrected chi connectivity index (χ0v) is 16.3. The van der Waals surface area contributed by atoms with Crippen molar-refractivity contribution in [3.8, 4) is 0 Å². The van der Waals surface area contributed by atoms with Crippen LogP contribution in [0, 0.1) is 11.8 Å². The van der Waals surface area contributed by atoms with E-state index in [2.05, 4.69) is 50.1 Å². The number of rotatable bonds is 3. The van der Waals surface area contributed by atoms with E-state index in [9.17, 15) is 4.79 Å². The summed E-state index contributed by atoms with van der Waals surface area (Å²) >= 11 is 0. The van der Waals surface area contributed by atoms with E-state index in [1.165, 1.54) is 37.6 Å². The number of carbonyl (C=O) groups excluding carboxylic acids is 1. The monoisotopic (exact) mass is 376 g/mol. The topological polar surface area (TPSA) is 49.3 Å². The van der Waals surface area contributed by atoms with Gasteiger partial charge < -0.3 is 4.90 Å². The second kappa shape index (κ2) is 7.63. The van der Waals surface area contributed by atoms with Gasteiger partial charge in [0, 0.05) is 44.1 Å². The smallest absolute Gasteiger partial charge is 0.257 e. The third kappa shape index (κ3) is 3.44. The Bertz CT molecular complexity index is 812. The molecule has 1 aromatic heterocycles. The molecule has 28 heavy (non-hydrogen) atoms. The summed E-state index contributed by atoms with van der Waals surface area (Å²) in [6, 6.07) is 12.2. The van der Waals surface area contributed by atoms with Gasteiger partial charge in [-0.25, -0.2) is 9.97 Å². The minimum Gasteiger partial charge on any atom is -0.338 e. The molecule has 5 rings (SSSR count). The first-order valence-electron chi connectivity index (χ1n) is 10.6. The minimum atomic E-state index is 0.0976. The van der Waals surface area contributed by atoms with Crippen molar-refractivity contribution in [2.45, 2.75) is 44.2 Å². The number of hydrogen-bond acceptors (Lipinski definition) is 4. The molecule has 0 unspecified atom stereocenters. The fraction of sp³-hybridized carbons (Fsp3) is 0.522. The molecule has 146 valence electrons. The van der Waals surface area contributed by atoms with Crippen LogP contribution in [0.15, 0.2) is 49.1 Å². The van der Waals surface area contributed by atoms with E-state index < -0.39 is 0 Å². The van der Waals surface area contributed by atoms with Gasteiger partial charge in [-0.05, 0) is 43.1 Å². The maximum Gasteiger partial charge on any atom is 0.257 e. The molecule has 1 amide bonds. The summed E-state index contributed by atoms with van der Waals surface area (Å²) in [5.41, 5.74) is 2.06. The van der Waals surface area contributed by atoms with Gasteiger partial charge in [0.15, 0.2) is 0 Å². The summed E-state index contributed by atoms with van der Waals surface area (Å²) < 4.78 is 0. The number of amides is 1. The number of aromatic nitrogens is 2. The summed E-state index contributed by atoms with van der Waals surface area (Å²) in [5, 5.41) is 0. The summed E-state index contributed by atoms with van der Waals surface area (Å²) in [4.78, 5) is 25.8. The highest BCUT2D eigenvalue weighted by atomic mass is 16.2. The second-order valence-corrected chi connectivity index (χ2v) is 8.74. The third-order valence-corrected chi connectivity index (χ3v) is 6.92. The third-order valence-electron chi connectivity index (χ3n) is 6.92. The van der Waals surface area contributed by atoms with Gasteiger partial charge in [0.2, 0.25) is 0 Å². The van der Waals surface area contributed by atoms with Crippen LogP contribution in [-0.4, -0.2) is 57.4 Å². The first-order valence-corrected chi connectivity index (χ1v) is 10.6. The van der Waals surface area contributed by atoms with E-state index in [1.54, 1.807) is 12.4 Å². The van der Waals surface area contributed by atoms with Gasteiger partial charge in [-0.1, -0.05) is 36.8 Å². The Morgan fingerprint density at radius 1 is 1.04 bits per heavy atom. The molecule has 0 spiro atoms. The van der Waals surface area contributed by atoms with Gasteiger partial charge in [-0.3, -0.25) is 9.69 Å². The van der Waals surface area contributed by atoms with Crippen molar-refractivity contribution in [1.29, 1.82) is 0 Å². The molecule has 0 N–H and O–H groups in total. The van der Waals surface area contributed by atoms with Crippen molar-refractivity contribution in [2.24, 2.45) is 11.8 Å². The Hall–Kier alpha value is -2.27. The summed E-state index contributed by atoms with van der Waals surface area (Å²) in [6.45, 7) is 2.88. The Morgan fingerprint density at radius 3 is 2.68 bits per heavy atom. The Labute approximate surface area is 166 Å². The van der Waals surface area contributed by atoms with E-state index in [-0.39, 0.29) is 5.91 Å². The number of carbonyl (C=O) groups is 1. The van der Waals surface area contributed by atoms with Crippen LogP contribution in [0.25, 0.3) is 0 Å². The van der Waals surface area contributed by atoms with Crippen molar-refractivity contribution in [3.05, 3.63) is 60.2 Å². The van der Waals surface area contributed by atoms with Crippen molar-refractivity contribution in [1.82, 2.24) is 19.8 Å². The molecule has 3 aliphatic rings. The number of fused-ring (bicyclic) bond motifs is 4. The van der Waals surface area contributed by atoms with Crippen LogP contribution in [0.4, 0.5) is 0 Å². The molecule has 4 heterocycles. The highest BCUT2D eigenvalue weighted by molar-refractivity contribution is 5.93. The van der Waals surface area contributed by atoms with Crippen molar-refractivity contribution >= 4 is 5.91 Å². The molecular formula is C23H28N4O. The zero-order valence-electron chi connectivity index (χ0n) is 16.3. The summed E-state index contributed by atoms with van der Waals surface area (Å²) in [5.74, 6) is 1.28. The molecule has 3 aliphatic heterocycles. The number of piperidine rings is 3. The summed E-state index contributed by atoms with van der Waals surface area (Å²) in [7, 11) is 0. The molecule has 5 nitrogen and oxygen atoms in total. The van der Waals surface area contributed by atoms with Gasteiger partial charge >= 0.3 is 0 Å². The van der Waals surface area contributed by atoms with Crippen molar-refractivity contribution in [3.63, 3.8) is 0 Å². The van der Waals surface area contributed by atoms with Crippen molar-refractivity contribution < 1.29 is 4.79 Å². The fourth-order valence-electron chi connectivity index (χ4n) is 5.78. The van der Waals surface area contributed by atoms with Crippen LogP contribution in [0.1, 0.15) is 41.6 Å². The zero-order chi connectivity index (χ0) is 18.9. The van der Waals surface area contributed by atoms with E-state index >= 15 is 0 Å². The number of hydrogen-bond donors (Lipinski definition) is 0. The largest absolute Gasteiger partial charge is 0.338 e. The lowest BCUT2D eigenvalue weighted by Crippen LogP contribution is -2.62. The highest BCUT2D eigenvalue weighted by Gasteiger charge is 2.45. The molecule has 3 fully saturated rings. The molecule has 1 aromatic carbocycles. The molecule has 0 saturated carbocycles. The van der Waals surface area contributed by atoms with Crippen LogP contribution >= 0.6 is 0 Å². The van der Waals surface area contributed by atoms with Gasteiger partial charge in [0.05, 0.1) is 5.56 Å². The molecule has 0 radical (unpaired) electrons. The molecule has 0 aliphatic carbocycles. The van der Waals surface area contributed by atoms with E-state index in [0.29, 0.717) is 29.5 Å². The van der Waals surface area contributed by atoms with E-state index in [1.807, 2.05) is 0 Å². The van der Waals surface area contributed by atoms with Gasteiger partial charge in [0.1, 0.15) is 6.33 Å². The minimum absolute atomic E-state index is 0.0976. The molecule has 3 saturated heterocycles. The lowest BCUT2D eigenvalue weighted by molar-refractivity contribution is -0.0499. The summed E-state index contributed by atoms with van der Waals surface area (Å²) in [6.07, 6.45) is 11.1. The normalized spacial score (nSPS) is 29.9. The van der Waals surface area contributed by atoms with Gasteiger partial charge in [-0.15, -0.1) is 0 Å². The molecular weight excluding hydrogens is 348 g/mol.